The number of amides is 1. The molecule has 1 aromatic rings. The summed E-state index contributed by atoms with van der Waals surface area (Å²) in [5.74, 6) is 0.0409. The summed E-state index contributed by atoms with van der Waals surface area (Å²) < 4.78 is 0. The third-order valence-electron chi connectivity index (χ3n) is 3.13. The minimum absolute atomic E-state index is 0.0409. The van der Waals surface area contributed by atoms with Gasteiger partial charge >= 0.3 is 0 Å². The number of hydrogen-bond donors (Lipinski definition) is 2. The van der Waals surface area contributed by atoms with Gasteiger partial charge in [0.15, 0.2) is 0 Å². The molecule has 1 atom stereocenters. The molecule has 0 aliphatic rings. The maximum atomic E-state index is 11.7. The molecule has 0 aromatic heterocycles. The van der Waals surface area contributed by atoms with Crippen molar-refractivity contribution in [1.29, 1.82) is 0 Å². The number of nitrogens with one attached hydrogen (secondary N) is 1. The number of rotatable bonds is 5. The Kier molecular flexibility index (Phi) is 5.16. The first-order chi connectivity index (χ1) is 8.45. The third-order valence-corrected chi connectivity index (χ3v) is 3.13. The molecular formula is C14H23N3O. The van der Waals surface area contributed by atoms with Crippen molar-refractivity contribution in [3.63, 3.8) is 0 Å². The fourth-order valence-corrected chi connectivity index (χ4v) is 1.96. The van der Waals surface area contributed by atoms with Crippen molar-refractivity contribution < 1.29 is 4.79 Å². The first kappa shape index (κ1) is 14.5. The Balaban J connectivity index is 2.80. The smallest absolute Gasteiger partial charge is 0.236 e. The third kappa shape index (κ3) is 3.74. The van der Waals surface area contributed by atoms with Gasteiger partial charge in [-0.1, -0.05) is 12.1 Å². The van der Waals surface area contributed by atoms with Gasteiger partial charge in [0.1, 0.15) is 0 Å². The topological polar surface area (TPSA) is 58.4 Å². The lowest BCUT2D eigenvalue weighted by atomic mass is 10.1. The second-order valence-electron chi connectivity index (χ2n) is 4.80. The van der Waals surface area contributed by atoms with Gasteiger partial charge in [-0.05, 0) is 38.5 Å². The summed E-state index contributed by atoms with van der Waals surface area (Å²) in [7, 11) is 1.67. The summed E-state index contributed by atoms with van der Waals surface area (Å²) in [5, 5.41) is 2.69. The molecule has 0 radical (unpaired) electrons. The van der Waals surface area contributed by atoms with Gasteiger partial charge in [-0.25, -0.2) is 0 Å². The van der Waals surface area contributed by atoms with Crippen molar-refractivity contribution >= 4 is 11.6 Å². The van der Waals surface area contributed by atoms with Crippen molar-refractivity contribution in [3.8, 4) is 0 Å². The lowest BCUT2D eigenvalue weighted by molar-refractivity contribution is -0.126. The van der Waals surface area contributed by atoms with E-state index in [1.54, 1.807) is 7.05 Å². The highest BCUT2D eigenvalue weighted by Gasteiger charge is 2.22. The highest BCUT2D eigenvalue weighted by atomic mass is 16.2. The van der Waals surface area contributed by atoms with E-state index in [1.165, 1.54) is 0 Å². The normalized spacial score (nSPS) is 12.8. The quantitative estimate of drug-likeness (QED) is 0.780. The molecular weight excluding hydrogens is 226 g/mol. The van der Waals surface area contributed by atoms with Crippen LogP contribution >= 0.6 is 0 Å². The number of nitrogens with zero attached hydrogens (tertiary/aromatic N) is 1. The molecule has 0 bridgehead atoms. The first-order valence-electron chi connectivity index (χ1n) is 6.27. The van der Waals surface area contributed by atoms with Crippen LogP contribution in [0.4, 0.5) is 5.69 Å². The Bertz CT molecular complexity index is 387. The van der Waals surface area contributed by atoms with Gasteiger partial charge in [0.05, 0.1) is 6.04 Å². The molecule has 0 aliphatic carbocycles. The second-order valence-corrected chi connectivity index (χ2v) is 4.80. The van der Waals surface area contributed by atoms with Crippen LogP contribution in [0.25, 0.3) is 0 Å². The van der Waals surface area contributed by atoms with Gasteiger partial charge in [-0.15, -0.1) is 0 Å². The summed E-state index contributed by atoms with van der Waals surface area (Å²) in [5.41, 5.74) is 7.59. The fourth-order valence-electron chi connectivity index (χ4n) is 1.96. The van der Waals surface area contributed by atoms with E-state index in [0.717, 1.165) is 17.8 Å². The number of anilines is 1. The highest BCUT2D eigenvalue weighted by Crippen LogP contribution is 2.14. The SMILES string of the molecule is CNC(=O)C(C)N(Cc1ccc(N)cc1)C(C)C. The van der Waals surface area contributed by atoms with Gasteiger partial charge in [0.2, 0.25) is 5.91 Å². The van der Waals surface area contributed by atoms with Crippen LogP contribution in [0.3, 0.4) is 0 Å². The Morgan fingerprint density at radius 2 is 1.83 bits per heavy atom. The molecule has 0 fully saturated rings. The van der Waals surface area contributed by atoms with E-state index >= 15 is 0 Å². The van der Waals surface area contributed by atoms with E-state index in [-0.39, 0.29) is 11.9 Å². The predicted octanol–water partition coefficient (Wildman–Crippen LogP) is 1.61. The molecule has 1 unspecified atom stereocenters. The van der Waals surface area contributed by atoms with Crippen LogP contribution in [0.15, 0.2) is 24.3 Å². The minimum atomic E-state index is -0.146. The van der Waals surface area contributed by atoms with E-state index in [1.807, 2.05) is 31.2 Å². The van der Waals surface area contributed by atoms with E-state index in [4.69, 9.17) is 5.73 Å². The summed E-state index contributed by atoms with van der Waals surface area (Å²) in [6.07, 6.45) is 0. The average Bonchev–Trinajstić information content (AvgIpc) is 2.36. The molecule has 4 heteroatoms. The molecule has 0 saturated carbocycles. The minimum Gasteiger partial charge on any atom is -0.399 e. The van der Waals surface area contributed by atoms with Crippen molar-refractivity contribution in [1.82, 2.24) is 10.2 Å². The van der Waals surface area contributed by atoms with Crippen molar-refractivity contribution in [2.75, 3.05) is 12.8 Å². The number of carbonyl (C=O) groups is 1. The summed E-state index contributed by atoms with van der Waals surface area (Å²) in [4.78, 5) is 13.9. The molecule has 1 aromatic carbocycles. The standard InChI is InChI=1S/C14H23N3O/c1-10(2)17(11(3)14(18)16-4)9-12-5-7-13(15)8-6-12/h5-8,10-11H,9,15H2,1-4H3,(H,16,18). The zero-order valence-electron chi connectivity index (χ0n) is 11.6. The first-order valence-corrected chi connectivity index (χ1v) is 6.27. The largest absolute Gasteiger partial charge is 0.399 e. The number of hydrogen-bond acceptors (Lipinski definition) is 3. The van der Waals surface area contributed by atoms with Crippen LogP contribution in [0.2, 0.25) is 0 Å². The molecule has 3 N–H and O–H groups in total. The maximum absolute atomic E-state index is 11.7. The molecule has 1 amide bonds. The van der Waals surface area contributed by atoms with Crippen LogP contribution < -0.4 is 11.1 Å². The lowest BCUT2D eigenvalue weighted by Crippen LogP contribution is -2.46. The Morgan fingerprint density at radius 3 is 2.28 bits per heavy atom. The zero-order valence-corrected chi connectivity index (χ0v) is 11.6. The molecule has 0 spiro atoms. The Labute approximate surface area is 109 Å². The molecule has 18 heavy (non-hydrogen) atoms. The average molecular weight is 249 g/mol. The van der Waals surface area contributed by atoms with E-state index < -0.39 is 0 Å². The maximum Gasteiger partial charge on any atom is 0.236 e. The molecule has 1 rings (SSSR count). The van der Waals surface area contributed by atoms with Crippen LogP contribution in [0.5, 0.6) is 0 Å². The number of nitrogen functional groups attached to an aromatic ring is 1. The number of carbonyl (C=O) groups excluding carboxylic acids is 1. The molecule has 100 valence electrons. The number of benzene rings is 1. The predicted molar refractivity (Wildman–Crippen MR) is 75.1 cm³/mol. The Morgan fingerprint density at radius 1 is 1.28 bits per heavy atom. The number of likely N-dealkylation sites (N-methyl/N-ethyl adjacent to an activating group) is 1. The van der Waals surface area contributed by atoms with Crippen LogP contribution in [-0.4, -0.2) is 29.9 Å². The second kappa shape index (κ2) is 6.40. The highest BCUT2D eigenvalue weighted by molar-refractivity contribution is 5.81. The van der Waals surface area contributed by atoms with Gasteiger partial charge in [0, 0.05) is 25.3 Å². The van der Waals surface area contributed by atoms with Crippen LogP contribution in [0.1, 0.15) is 26.3 Å². The fraction of sp³-hybridized carbons (Fsp3) is 0.500. The monoisotopic (exact) mass is 249 g/mol. The van der Waals surface area contributed by atoms with E-state index in [2.05, 4.69) is 24.1 Å². The summed E-state index contributed by atoms with van der Waals surface area (Å²) >= 11 is 0. The molecule has 0 heterocycles. The van der Waals surface area contributed by atoms with Gasteiger partial charge in [-0.2, -0.15) is 0 Å². The molecule has 4 nitrogen and oxygen atoms in total. The van der Waals surface area contributed by atoms with Crippen molar-refractivity contribution in [2.45, 2.75) is 39.4 Å². The van der Waals surface area contributed by atoms with E-state index in [9.17, 15) is 4.79 Å². The lowest BCUT2D eigenvalue weighted by Gasteiger charge is -2.31. The Hall–Kier alpha value is -1.55. The van der Waals surface area contributed by atoms with Crippen molar-refractivity contribution in [3.05, 3.63) is 29.8 Å². The van der Waals surface area contributed by atoms with Crippen LogP contribution in [-0.2, 0) is 11.3 Å². The number of nitrogens with two attached hydrogens (primary N) is 1. The molecule has 0 saturated heterocycles. The summed E-state index contributed by atoms with van der Waals surface area (Å²) in [6.45, 7) is 6.86. The summed E-state index contributed by atoms with van der Waals surface area (Å²) in [6, 6.07) is 7.93. The van der Waals surface area contributed by atoms with Gasteiger partial charge in [0.25, 0.3) is 0 Å². The van der Waals surface area contributed by atoms with Crippen molar-refractivity contribution in [2.24, 2.45) is 0 Å². The molecule has 0 aliphatic heterocycles. The van der Waals surface area contributed by atoms with Gasteiger partial charge < -0.3 is 11.1 Å². The van der Waals surface area contributed by atoms with E-state index in [0.29, 0.717) is 6.04 Å². The van der Waals surface area contributed by atoms with Crippen LogP contribution in [0, 0.1) is 0 Å². The van der Waals surface area contributed by atoms with Gasteiger partial charge in [-0.3, -0.25) is 9.69 Å². The zero-order chi connectivity index (χ0) is 13.7.